The molecule has 3 aromatic rings. The van der Waals surface area contributed by atoms with Gasteiger partial charge in [0.1, 0.15) is 11.6 Å². The first-order valence-corrected chi connectivity index (χ1v) is 11.8. The number of carbonyl (C=O) groups excluding carboxylic acids is 2. The topological polar surface area (TPSA) is 74.8 Å². The normalized spacial score (nSPS) is 21.4. The number of amides is 2. The molecule has 2 amide bonds. The predicted octanol–water partition coefficient (Wildman–Crippen LogP) is 3.64. The summed E-state index contributed by atoms with van der Waals surface area (Å²) in [6.45, 7) is 0.0260. The zero-order valence-corrected chi connectivity index (χ0v) is 18.1. The van der Waals surface area contributed by atoms with Gasteiger partial charge in [-0.15, -0.1) is 0 Å². The highest BCUT2D eigenvalue weighted by atomic mass is 35.5. The Balaban J connectivity index is 1.74. The van der Waals surface area contributed by atoms with Gasteiger partial charge in [0.05, 0.1) is 12.2 Å². The Morgan fingerprint density at radius 2 is 1.59 bits per heavy atom. The summed E-state index contributed by atoms with van der Waals surface area (Å²) in [4.78, 5) is 27.0. The Morgan fingerprint density at radius 1 is 0.938 bits per heavy atom. The van der Waals surface area contributed by atoms with Gasteiger partial charge in [-0.2, -0.15) is 0 Å². The third-order valence-electron chi connectivity index (χ3n) is 5.79. The van der Waals surface area contributed by atoms with Gasteiger partial charge in [-0.1, -0.05) is 48.0 Å². The molecule has 2 aliphatic heterocycles. The van der Waals surface area contributed by atoms with Gasteiger partial charge in [-0.25, -0.2) is 12.8 Å². The van der Waals surface area contributed by atoms with Crippen molar-refractivity contribution in [3.8, 4) is 0 Å². The monoisotopic (exact) mass is 470 g/mol. The van der Waals surface area contributed by atoms with E-state index < -0.39 is 38.1 Å². The van der Waals surface area contributed by atoms with Gasteiger partial charge in [-0.05, 0) is 42.0 Å². The molecule has 1 atom stereocenters. The van der Waals surface area contributed by atoms with Crippen molar-refractivity contribution in [3.63, 3.8) is 0 Å². The first-order valence-electron chi connectivity index (χ1n) is 9.73. The Kier molecular flexibility index (Phi) is 4.61. The van der Waals surface area contributed by atoms with E-state index in [4.69, 9.17) is 11.6 Å². The number of sulfone groups is 1. The van der Waals surface area contributed by atoms with Crippen LogP contribution < -0.4 is 9.80 Å². The Morgan fingerprint density at radius 3 is 2.31 bits per heavy atom. The number of para-hydroxylation sites is 1. The zero-order chi connectivity index (χ0) is 22.7. The third-order valence-corrected chi connectivity index (χ3v) is 8.27. The minimum atomic E-state index is -4.28. The van der Waals surface area contributed by atoms with Gasteiger partial charge in [-0.3, -0.25) is 14.5 Å². The molecule has 3 aromatic carbocycles. The Hall–Kier alpha value is -3.23. The number of carbonyl (C=O) groups is 2. The summed E-state index contributed by atoms with van der Waals surface area (Å²) in [6.07, 6.45) is 0. The second-order valence-electron chi connectivity index (χ2n) is 7.61. The predicted molar refractivity (Wildman–Crippen MR) is 118 cm³/mol. The summed E-state index contributed by atoms with van der Waals surface area (Å²) < 4.78 is 40.5. The van der Waals surface area contributed by atoms with Crippen LogP contribution in [0.5, 0.6) is 0 Å². The molecule has 32 heavy (non-hydrogen) atoms. The zero-order valence-electron chi connectivity index (χ0n) is 16.5. The average Bonchev–Trinajstić information content (AvgIpc) is 3.13. The first-order chi connectivity index (χ1) is 15.3. The largest absolute Gasteiger partial charge is 0.304 e. The van der Waals surface area contributed by atoms with E-state index in [0.29, 0.717) is 16.3 Å². The van der Waals surface area contributed by atoms with Crippen LogP contribution in [0.2, 0.25) is 5.02 Å². The number of anilines is 2. The highest BCUT2D eigenvalue weighted by Gasteiger charge is 2.69. The van der Waals surface area contributed by atoms with Crippen molar-refractivity contribution in [1.82, 2.24) is 0 Å². The molecule has 1 spiro atoms. The molecule has 2 aliphatic rings. The molecule has 1 fully saturated rings. The van der Waals surface area contributed by atoms with Gasteiger partial charge in [0.2, 0.25) is 5.91 Å². The lowest BCUT2D eigenvalue weighted by Crippen LogP contribution is -2.54. The lowest BCUT2D eigenvalue weighted by atomic mass is 10.0. The minimum Gasteiger partial charge on any atom is -0.304 e. The number of nitrogens with zero attached hydrogens (tertiary/aromatic N) is 2. The lowest BCUT2D eigenvalue weighted by Gasteiger charge is -2.32. The van der Waals surface area contributed by atoms with E-state index >= 15 is 0 Å². The van der Waals surface area contributed by atoms with E-state index in [1.165, 1.54) is 23.1 Å². The fourth-order valence-electron chi connectivity index (χ4n) is 4.44. The molecule has 9 heteroatoms. The smallest absolute Gasteiger partial charge is 0.274 e. The van der Waals surface area contributed by atoms with Crippen molar-refractivity contribution in [1.29, 1.82) is 0 Å². The molecular weight excluding hydrogens is 455 g/mol. The molecule has 0 unspecified atom stereocenters. The number of hydrogen-bond acceptors (Lipinski definition) is 4. The fourth-order valence-corrected chi connectivity index (χ4v) is 6.66. The second kappa shape index (κ2) is 7.15. The molecule has 6 nitrogen and oxygen atoms in total. The van der Waals surface area contributed by atoms with Crippen molar-refractivity contribution < 1.29 is 22.4 Å². The molecular formula is C23H16ClFN2O4S. The molecule has 5 rings (SSSR count). The van der Waals surface area contributed by atoms with E-state index in [2.05, 4.69) is 0 Å². The van der Waals surface area contributed by atoms with Crippen LogP contribution in [0.15, 0.2) is 72.8 Å². The summed E-state index contributed by atoms with van der Waals surface area (Å²) in [5, 5.41) is 0.430. The van der Waals surface area contributed by atoms with Crippen LogP contribution in [0.1, 0.15) is 11.1 Å². The van der Waals surface area contributed by atoms with Crippen molar-refractivity contribution in [3.05, 3.63) is 94.8 Å². The van der Waals surface area contributed by atoms with Gasteiger partial charge >= 0.3 is 0 Å². The standard InChI is InChI=1S/C23H16ClFN2O4S/c24-19-7-3-1-5-15(19)13-26-20-8-4-2-6-18(20)23(22(26)29)27(21(28)14-32(23,30)31)17-11-9-16(25)10-12-17/h1-12H,13-14H2/t23-/m0/s1. The number of rotatable bonds is 3. The van der Waals surface area contributed by atoms with E-state index in [-0.39, 0.29) is 17.8 Å². The molecule has 0 aliphatic carbocycles. The van der Waals surface area contributed by atoms with Gasteiger partial charge in [0, 0.05) is 16.3 Å². The average molecular weight is 471 g/mol. The van der Waals surface area contributed by atoms with E-state index in [0.717, 1.165) is 17.0 Å². The molecule has 0 radical (unpaired) electrons. The van der Waals surface area contributed by atoms with Gasteiger partial charge in [0.15, 0.2) is 9.84 Å². The molecule has 0 bridgehead atoms. The highest BCUT2D eigenvalue weighted by molar-refractivity contribution is 7.94. The maximum atomic E-state index is 13.9. The number of benzene rings is 3. The SMILES string of the molecule is O=C1CS(=O)(=O)[C@@]2(C(=O)N(Cc3ccccc3Cl)c3ccccc32)N1c1ccc(F)cc1. The van der Waals surface area contributed by atoms with Crippen molar-refractivity contribution in [2.75, 3.05) is 15.6 Å². The van der Waals surface area contributed by atoms with Crippen LogP contribution in [-0.2, 0) is 30.8 Å². The van der Waals surface area contributed by atoms with Crippen molar-refractivity contribution in [2.24, 2.45) is 0 Å². The molecule has 0 aromatic heterocycles. The molecule has 2 heterocycles. The van der Waals surface area contributed by atoms with Gasteiger partial charge < -0.3 is 4.90 Å². The Bertz CT molecular complexity index is 1380. The van der Waals surface area contributed by atoms with Gasteiger partial charge in [0.25, 0.3) is 10.8 Å². The molecule has 162 valence electrons. The van der Waals surface area contributed by atoms with Crippen LogP contribution in [0.4, 0.5) is 15.8 Å². The summed E-state index contributed by atoms with van der Waals surface area (Å²) in [5.41, 5.74) is 1.32. The number of fused-ring (bicyclic) bond motifs is 2. The lowest BCUT2D eigenvalue weighted by molar-refractivity contribution is -0.123. The number of halogens is 2. The number of hydrogen-bond donors (Lipinski definition) is 0. The first kappa shape index (κ1) is 20.7. The minimum absolute atomic E-state index is 0.0260. The van der Waals surface area contributed by atoms with Crippen molar-refractivity contribution >= 4 is 44.6 Å². The van der Waals surface area contributed by atoms with E-state index in [1.807, 2.05) is 0 Å². The summed E-state index contributed by atoms with van der Waals surface area (Å²) >= 11 is 6.29. The van der Waals surface area contributed by atoms with Crippen LogP contribution >= 0.6 is 11.6 Å². The third kappa shape index (κ3) is 2.73. The highest BCUT2D eigenvalue weighted by Crippen LogP contribution is 2.52. The molecule has 0 N–H and O–H groups in total. The van der Waals surface area contributed by atoms with Crippen molar-refractivity contribution in [2.45, 2.75) is 11.4 Å². The maximum Gasteiger partial charge on any atom is 0.274 e. The summed E-state index contributed by atoms with van der Waals surface area (Å²) in [7, 11) is -4.28. The van der Waals surface area contributed by atoms with Crippen LogP contribution in [0.25, 0.3) is 0 Å². The van der Waals surface area contributed by atoms with Crippen LogP contribution in [-0.4, -0.2) is 26.0 Å². The summed E-state index contributed by atoms with van der Waals surface area (Å²) in [6, 6.07) is 18.3. The van der Waals surface area contributed by atoms with Crippen LogP contribution in [0, 0.1) is 5.82 Å². The van der Waals surface area contributed by atoms with E-state index in [9.17, 15) is 22.4 Å². The molecule has 1 saturated heterocycles. The van der Waals surface area contributed by atoms with Crippen LogP contribution in [0.3, 0.4) is 0 Å². The summed E-state index contributed by atoms with van der Waals surface area (Å²) in [5.74, 6) is -2.89. The van der Waals surface area contributed by atoms with E-state index in [1.54, 1.807) is 42.5 Å². The Labute approximate surface area is 188 Å². The fraction of sp³-hybridized carbons (Fsp3) is 0.130. The quantitative estimate of drug-likeness (QED) is 0.585. The maximum absolute atomic E-state index is 13.9. The molecule has 0 saturated carbocycles. The second-order valence-corrected chi connectivity index (χ2v) is 10.1.